The fraction of sp³-hybridized carbons (Fsp3) is 0.765. The molecule has 1 heterocycles. The fourth-order valence-electron chi connectivity index (χ4n) is 5.67. The second-order valence-corrected chi connectivity index (χ2v) is 7.64. The minimum Gasteiger partial charge on any atom is -0.481 e. The number of methoxy groups -OCH3 is 1. The molecule has 4 saturated carbocycles. The topological polar surface area (TPSA) is 61.0 Å². The molecule has 1 aromatic rings. The van der Waals surface area contributed by atoms with E-state index in [-0.39, 0.29) is 6.04 Å². The van der Waals surface area contributed by atoms with Gasteiger partial charge in [-0.15, -0.1) is 0 Å². The van der Waals surface area contributed by atoms with Crippen LogP contribution in [0.15, 0.2) is 12.4 Å². The maximum atomic E-state index is 6.70. The Labute approximate surface area is 126 Å². The molecular weight excluding hydrogens is 262 g/mol. The van der Waals surface area contributed by atoms with E-state index in [0.29, 0.717) is 11.3 Å². The number of nitrogens with zero attached hydrogens (tertiary/aromatic N) is 2. The third-order valence-electron chi connectivity index (χ3n) is 6.21. The maximum Gasteiger partial charge on any atom is 0.216 e. The molecule has 4 aliphatic carbocycles. The first kappa shape index (κ1) is 13.5. The van der Waals surface area contributed by atoms with Crippen molar-refractivity contribution in [3.63, 3.8) is 0 Å². The SMILES string of the molecule is COc1cc(CC(N)C23CC4CC(CC(C4)C2)C3)ncn1. The highest BCUT2D eigenvalue weighted by molar-refractivity contribution is 5.16. The van der Waals surface area contributed by atoms with Crippen molar-refractivity contribution in [3.8, 4) is 5.88 Å². The molecule has 0 saturated heterocycles. The zero-order valence-corrected chi connectivity index (χ0v) is 12.8. The van der Waals surface area contributed by atoms with Crippen LogP contribution >= 0.6 is 0 Å². The minimum absolute atomic E-state index is 0.227. The molecule has 0 aliphatic heterocycles. The van der Waals surface area contributed by atoms with Gasteiger partial charge in [-0.25, -0.2) is 9.97 Å². The van der Waals surface area contributed by atoms with Gasteiger partial charge in [-0.2, -0.15) is 0 Å². The number of aromatic nitrogens is 2. The molecule has 2 N–H and O–H groups in total. The summed E-state index contributed by atoms with van der Waals surface area (Å²) in [7, 11) is 1.64. The van der Waals surface area contributed by atoms with Crippen LogP contribution in [-0.2, 0) is 6.42 Å². The van der Waals surface area contributed by atoms with E-state index in [2.05, 4.69) is 9.97 Å². The van der Waals surface area contributed by atoms with Crippen LogP contribution in [0.3, 0.4) is 0 Å². The lowest BCUT2D eigenvalue weighted by Crippen LogP contribution is -2.55. The van der Waals surface area contributed by atoms with Crippen molar-refractivity contribution < 1.29 is 4.74 Å². The van der Waals surface area contributed by atoms with Gasteiger partial charge in [0.25, 0.3) is 0 Å². The summed E-state index contributed by atoms with van der Waals surface area (Å²) in [5.41, 5.74) is 8.10. The third kappa shape index (κ3) is 2.33. The van der Waals surface area contributed by atoms with E-state index < -0.39 is 0 Å². The Morgan fingerprint density at radius 2 is 1.81 bits per heavy atom. The van der Waals surface area contributed by atoms with Crippen molar-refractivity contribution in [1.82, 2.24) is 9.97 Å². The lowest BCUT2D eigenvalue weighted by Gasteiger charge is -2.59. The van der Waals surface area contributed by atoms with Crippen molar-refractivity contribution in [2.45, 2.75) is 51.0 Å². The number of rotatable bonds is 4. The number of hydrogen-bond acceptors (Lipinski definition) is 4. The van der Waals surface area contributed by atoms with E-state index in [9.17, 15) is 0 Å². The molecule has 0 spiro atoms. The van der Waals surface area contributed by atoms with Gasteiger partial charge in [0.05, 0.1) is 7.11 Å². The first-order valence-corrected chi connectivity index (χ1v) is 8.27. The average Bonchev–Trinajstić information content (AvgIpc) is 2.46. The fourth-order valence-corrected chi connectivity index (χ4v) is 5.67. The smallest absolute Gasteiger partial charge is 0.216 e. The second kappa shape index (κ2) is 4.94. The van der Waals surface area contributed by atoms with Crippen LogP contribution in [0.1, 0.15) is 44.2 Å². The zero-order valence-electron chi connectivity index (χ0n) is 12.8. The molecular formula is C17H25N3O. The van der Waals surface area contributed by atoms with E-state index >= 15 is 0 Å². The first-order valence-electron chi connectivity index (χ1n) is 8.27. The van der Waals surface area contributed by atoms with Gasteiger partial charge >= 0.3 is 0 Å². The van der Waals surface area contributed by atoms with Gasteiger partial charge in [0, 0.05) is 24.2 Å². The predicted octanol–water partition coefficient (Wildman–Crippen LogP) is 2.57. The number of nitrogens with two attached hydrogens (primary N) is 1. The highest BCUT2D eigenvalue weighted by Crippen LogP contribution is 2.61. The van der Waals surface area contributed by atoms with Gasteiger partial charge in [0.2, 0.25) is 5.88 Å². The first-order chi connectivity index (χ1) is 10.2. The summed E-state index contributed by atoms with van der Waals surface area (Å²) in [6, 6.07) is 2.16. The van der Waals surface area contributed by atoms with Crippen LogP contribution in [0, 0.1) is 23.2 Å². The molecule has 1 unspecified atom stereocenters. The van der Waals surface area contributed by atoms with Crippen LogP contribution in [0.5, 0.6) is 5.88 Å². The zero-order chi connectivity index (χ0) is 14.4. The summed E-state index contributed by atoms with van der Waals surface area (Å²) in [6.07, 6.45) is 10.9. The molecule has 4 heteroatoms. The van der Waals surface area contributed by atoms with Crippen molar-refractivity contribution >= 4 is 0 Å². The molecule has 21 heavy (non-hydrogen) atoms. The summed E-state index contributed by atoms with van der Waals surface area (Å²) < 4.78 is 5.19. The van der Waals surface area contributed by atoms with Crippen LogP contribution in [0.4, 0.5) is 0 Å². The monoisotopic (exact) mass is 287 g/mol. The standard InChI is InChI=1S/C17H25N3O/c1-21-16-6-14(19-10-20-16)5-15(18)17-7-11-2-12(8-17)4-13(3-11)9-17/h6,10-13,15H,2-5,7-9,18H2,1H3. The maximum absolute atomic E-state index is 6.70. The Balaban J connectivity index is 1.53. The molecule has 4 aliphatic rings. The van der Waals surface area contributed by atoms with Gasteiger partial charge in [-0.05, 0) is 61.7 Å². The number of hydrogen-bond donors (Lipinski definition) is 1. The van der Waals surface area contributed by atoms with Crippen LogP contribution in [0.2, 0.25) is 0 Å². The molecule has 114 valence electrons. The summed E-state index contributed by atoms with van der Waals surface area (Å²) in [6.45, 7) is 0. The van der Waals surface area contributed by atoms with Gasteiger partial charge in [-0.3, -0.25) is 0 Å². The Hall–Kier alpha value is -1.16. The summed E-state index contributed by atoms with van der Waals surface area (Å²) in [5.74, 6) is 3.48. The van der Waals surface area contributed by atoms with Crippen LogP contribution < -0.4 is 10.5 Å². The predicted molar refractivity (Wildman–Crippen MR) is 80.9 cm³/mol. The second-order valence-electron chi connectivity index (χ2n) is 7.64. The molecule has 0 aromatic carbocycles. The van der Waals surface area contributed by atoms with Crippen molar-refractivity contribution in [2.75, 3.05) is 7.11 Å². The highest BCUT2D eigenvalue weighted by Gasteiger charge is 2.53. The lowest BCUT2D eigenvalue weighted by molar-refractivity contribution is -0.0669. The van der Waals surface area contributed by atoms with Gasteiger partial charge in [0.1, 0.15) is 6.33 Å². The van der Waals surface area contributed by atoms with Crippen molar-refractivity contribution in [3.05, 3.63) is 18.1 Å². The Morgan fingerprint density at radius 3 is 2.38 bits per heavy atom. The molecule has 4 nitrogen and oxygen atoms in total. The largest absolute Gasteiger partial charge is 0.481 e. The van der Waals surface area contributed by atoms with Crippen molar-refractivity contribution in [2.24, 2.45) is 28.9 Å². The van der Waals surface area contributed by atoms with Crippen LogP contribution in [0.25, 0.3) is 0 Å². The molecule has 1 aromatic heterocycles. The molecule has 5 rings (SSSR count). The molecule has 0 radical (unpaired) electrons. The summed E-state index contributed by atoms with van der Waals surface area (Å²) in [5, 5.41) is 0. The lowest BCUT2D eigenvalue weighted by atomic mass is 9.47. The molecule has 4 bridgehead atoms. The normalized spacial score (nSPS) is 38.5. The van der Waals surface area contributed by atoms with Crippen LogP contribution in [-0.4, -0.2) is 23.1 Å². The highest BCUT2D eigenvalue weighted by atomic mass is 16.5. The van der Waals surface area contributed by atoms with Crippen molar-refractivity contribution in [1.29, 1.82) is 0 Å². The summed E-state index contributed by atoms with van der Waals surface area (Å²) >= 11 is 0. The van der Waals surface area contributed by atoms with E-state index in [1.165, 1.54) is 38.5 Å². The minimum atomic E-state index is 0.227. The van der Waals surface area contributed by atoms with E-state index in [0.717, 1.165) is 29.9 Å². The average molecular weight is 287 g/mol. The van der Waals surface area contributed by atoms with E-state index in [1.54, 1.807) is 13.4 Å². The molecule has 4 fully saturated rings. The van der Waals surface area contributed by atoms with E-state index in [1.807, 2.05) is 6.07 Å². The Kier molecular flexibility index (Phi) is 3.18. The van der Waals surface area contributed by atoms with E-state index in [4.69, 9.17) is 10.5 Å². The van der Waals surface area contributed by atoms with Gasteiger partial charge in [0.15, 0.2) is 0 Å². The Morgan fingerprint density at radius 1 is 1.19 bits per heavy atom. The third-order valence-corrected chi connectivity index (χ3v) is 6.21. The molecule has 1 atom stereocenters. The summed E-state index contributed by atoms with van der Waals surface area (Å²) in [4.78, 5) is 8.47. The Bertz CT molecular complexity index is 495. The molecule has 0 amide bonds. The number of ether oxygens (including phenoxy) is 1. The quantitative estimate of drug-likeness (QED) is 0.924. The van der Waals surface area contributed by atoms with Gasteiger partial charge < -0.3 is 10.5 Å². The van der Waals surface area contributed by atoms with Gasteiger partial charge in [-0.1, -0.05) is 0 Å².